The summed E-state index contributed by atoms with van der Waals surface area (Å²) in [6, 6.07) is 0. The monoisotopic (exact) mass is 239 g/mol. The molecule has 6 nitrogen and oxygen atoms in total. The van der Waals surface area contributed by atoms with E-state index in [1.165, 1.54) is 0 Å². The molecule has 1 aromatic heterocycles. The smallest absolute Gasteiger partial charge is 0.259 e. The molecule has 2 aliphatic rings. The van der Waals surface area contributed by atoms with Crippen LogP contribution in [-0.2, 0) is 16.8 Å². The van der Waals surface area contributed by atoms with Gasteiger partial charge < -0.3 is 19.7 Å². The third-order valence-electron chi connectivity index (χ3n) is 3.49. The molecule has 1 aromatic rings. The largest absolute Gasteiger partial charge is 0.381 e. The van der Waals surface area contributed by atoms with Gasteiger partial charge in [-0.2, -0.15) is 4.98 Å². The van der Waals surface area contributed by atoms with Crippen molar-refractivity contribution in [3.63, 3.8) is 0 Å². The van der Waals surface area contributed by atoms with Crippen LogP contribution in [-0.4, -0.2) is 41.6 Å². The van der Waals surface area contributed by atoms with Crippen molar-refractivity contribution in [2.75, 3.05) is 26.3 Å². The highest BCUT2D eigenvalue weighted by atomic mass is 16.5. The Morgan fingerprint density at radius 1 is 1.53 bits per heavy atom. The summed E-state index contributed by atoms with van der Waals surface area (Å²) < 4.78 is 10.5. The number of nitrogens with zero attached hydrogens (tertiary/aromatic N) is 2. The minimum absolute atomic E-state index is 0.344. The molecule has 2 fully saturated rings. The molecule has 0 amide bonds. The summed E-state index contributed by atoms with van der Waals surface area (Å²) in [5.41, 5.74) is -0.975. The molecule has 2 saturated heterocycles. The molecule has 0 aromatic carbocycles. The van der Waals surface area contributed by atoms with E-state index in [0.29, 0.717) is 30.6 Å². The summed E-state index contributed by atoms with van der Waals surface area (Å²) in [5.74, 6) is 1.50. The first-order chi connectivity index (χ1) is 8.26. The molecule has 2 N–H and O–H groups in total. The van der Waals surface area contributed by atoms with Crippen molar-refractivity contribution in [3.05, 3.63) is 11.7 Å². The summed E-state index contributed by atoms with van der Waals surface area (Å²) in [5, 5.41) is 17.3. The van der Waals surface area contributed by atoms with Gasteiger partial charge in [0.05, 0.1) is 0 Å². The molecule has 94 valence electrons. The van der Waals surface area contributed by atoms with E-state index in [9.17, 15) is 5.11 Å². The zero-order valence-corrected chi connectivity index (χ0v) is 9.69. The van der Waals surface area contributed by atoms with Gasteiger partial charge in [0, 0.05) is 26.2 Å². The van der Waals surface area contributed by atoms with E-state index in [0.717, 1.165) is 32.6 Å². The first kappa shape index (κ1) is 11.1. The maximum atomic E-state index is 10.3. The van der Waals surface area contributed by atoms with Gasteiger partial charge in [0.15, 0.2) is 11.4 Å². The van der Waals surface area contributed by atoms with Crippen LogP contribution in [0.2, 0.25) is 0 Å². The predicted octanol–water partition coefficient (Wildman–Crippen LogP) is -0.171. The lowest BCUT2D eigenvalue weighted by atomic mass is 10.0. The summed E-state index contributed by atoms with van der Waals surface area (Å²) >= 11 is 0. The first-order valence-electron chi connectivity index (χ1n) is 6.10. The minimum Gasteiger partial charge on any atom is -0.381 e. The van der Waals surface area contributed by atoms with E-state index in [1.54, 1.807) is 0 Å². The van der Waals surface area contributed by atoms with Crippen LogP contribution < -0.4 is 5.32 Å². The lowest BCUT2D eigenvalue weighted by Crippen LogP contribution is -2.28. The molecule has 0 saturated carbocycles. The van der Waals surface area contributed by atoms with Crippen molar-refractivity contribution >= 4 is 0 Å². The fraction of sp³-hybridized carbons (Fsp3) is 0.818. The Labute approximate surface area is 99.3 Å². The van der Waals surface area contributed by atoms with Gasteiger partial charge in [-0.3, -0.25) is 0 Å². The van der Waals surface area contributed by atoms with Gasteiger partial charge in [-0.1, -0.05) is 5.16 Å². The van der Waals surface area contributed by atoms with Crippen LogP contribution in [0.1, 0.15) is 24.6 Å². The number of hydrogen-bond acceptors (Lipinski definition) is 6. The fourth-order valence-electron chi connectivity index (χ4n) is 2.39. The maximum absolute atomic E-state index is 10.3. The van der Waals surface area contributed by atoms with Crippen LogP contribution in [0.15, 0.2) is 4.52 Å². The second kappa shape index (κ2) is 4.36. The van der Waals surface area contributed by atoms with Gasteiger partial charge in [0.25, 0.3) is 5.89 Å². The van der Waals surface area contributed by atoms with Gasteiger partial charge in [0.1, 0.15) is 0 Å². The summed E-state index contributed by atoms with van der Waals surface area (Å²) in [4.78, 5) is 4.30. The summed E-state index contributed by atoms with van der Waals surface area (Å²) in [6.45, 7) is 2.87. The van der Waals surface area contributed by atoms with Crippen LogP contribution >= 0.6 is 0 Å². The average Bonchev–Trinajstić information content (AvgIpc) is 3.00. The topological polar surface area (TPSA) is 80.4 Å². The van der Waals surface area contributed by atoms with Crippen LogP contribution in [0, 0.1) is 5.92 Å². The molecule has 0 spiro atoms. The van der Waals surface area contributed by atoms with E-state index in [4.69, 9.17) is 9.26 Å². The van der Waals surface area contributed by atoms with E-state index >= 15 is 0 Å². The number of rotatable bonds is 3. The molecule has 2 aliphatic heterocycles. The predicted molar refractivity (Wildman–Crippen MR) is 58.3 cm³/mol. The van der Waals surface area contributed by atoms with E-state index in [1.807, 2.05) is 0 Å². The lowest BCUT2D eigenvalue weighted by Gasteiger charge is -2.14. The highest BCUT2D eigenvalue weighted by Gasteiger charge is 2.38. The molecular formula is C11H17N3O3. The molecule has 0 radical (unpaired) electrons. The Kier molecular flexibility index (Phi) is 2.85. The number of nitrogens with one attached hydrogen (secondary N) is 1. The molecule has 2 unspecified atom stereocenters. The lowest BCUT2D eigenvalue weighted by molar-refractivity contribution is 0.0243. The third-order valence-corrected chi connectivity index (χ3v) is 3.49. The number of hydrogen-bond donors (Lipinski definition) is 2. The summed E-state index contributed by atoms with van der Waals surface area (Å²) in [7, 11) is 0. The van der Waals surface area contributed by atoms with Gasteiger partial charge in [-0.15, -0.1) is 0 Å². The van der Waals surface area contributed by atoms with Crippen molar-refractivity contribution in [2.24, 2.45) is 5.92 Å². The number of β-amino-alcohol motifs (C(OH)–C–C–N with tert-alkyl or cyclic N) is 1. The second-order valence-corrected chi connectivity index (χ2v) is 4.91. The quantitative estimate of drug-likeness (QED) is 0.762. The molecule has 0 bridgehead atoms. The van der Waals surface area contributed by atoms with Crippen molar-refractivity contribution in [2.45, 2.75) is 24.9 Å². The Hall–Kier alpha value is -0.980. The second-order valence-electron chi connectivity index (χ2n) is 4.91. The molecule has 3 heterocycles. The Balaban J connectivity index is 1.69. The Morgan fingerprint density at radius 2 is 2.47 bits per heavy atom. The fourth-order valence-corrected chi connectivity index (χ4v) is 2.39. The van der Waals surface area contributed by atoms with Gasteiger partial charge >= 0.3 is 0 Å². The molecule has 3 rings (SSSR count). The zero-order chi connectivity index (χ0) is 11.7. The average molecular weight is 239 g/mol. The van der Waals surface area contributed by atoms with Gasteiger partial charge in [-0.05, 0) is 25.3 Å². The Bertz CT molecular complexity index is 381. The summed E-state index contributed by atoms with van der Waals surface area (Å²) in [6.07, 6.45) is 2.45. The highest BCUT2D eigenvalue weighted by molar-refractivity contribution is 5.03. The van der Waals surface area contributed by atoms with Gasteiger partial charge in [0.2, 0.25) is 0 Å². The van der Waals surface area contributed by atoms with E-state index in [-0.39, 0.29) is 0 Å². The molecule has 6 heteroatoms. The maximum Gasteiger partial charge on any atom is 0.259 e. The Morgan fingerprint density at radius 3 is 3.18 bits per heavy atom. The molecular weight excluding hydrogens is 222 g/mol. The van der Waals surface area contributed by atoms with Crippen molar-refractivity contribution in [3.8, 4) is 0 Å². The van der Waals surface area contributed by atoms with Crippen molar-refractivity contribution in [1.29, 1.82) is 0 Å². The number of aliphatic hydroxyl groups is 1. The molecule has 0 aliphatic carbocycles. The van der Waals surface area contributed by atoms with Crippen molar-refractivity contribution in [1.82, 2.24) is 15.5 Å². The van der Waals surface area contributed by atoms with Crippen LogP contribution in [0.3, 0.4) is 0 Å². The van der Waals surface area contributed by atoms with E-state index < -0.39 is 5.60 Å². The number of aromatic nitrogens is 2. The first-order valence-corrected chi connectivity index (χ1v) is 6.10. The van der Waals surface area contributed by atoms with E-state index in [2.05, 4.69) is 15.5 Å². The minimum atomic E-state index is -0.975. The standard InChI is InChI=1S/C11H17N3O3/c15-11(2-3-12-7-11)10-13-9(14-17-10)5-8-1-4-16-6-8/h8,12,15H,1-7H2. The zero-order valence-electron chi connectivity index (χ0n) is 9.69. The van der Waals surface area contributed by atoms with Crippen molar-refractivity contribution < 1.29 is 14.4 Å². The molecule has 2 atom stereocenters. The molecule has 17 heavy (non-hydrogen) atoms. The van der Waals surface area contributed by atoms with Gasteiger partial charge in [-0.25, -0.2) is 0 Å². The highest BCUT2D eigenvalue weighted by Crippen LogP contribution is 2.26. The van der Waals surface area contributed by atoms with Crippen LogP contribution in [0.4, 0.5) is 0 Å². The normalized spacial score (nSPS) is 33.4. The van der Waals surface area contributed by atoms with Crippen LogP contribution in [0.5, 0.6) is 0 Å². The third kappa shape index (κ3) is 2.20. The SMILES string of the molecule is OC1(c2nc(CC3CCOC3)no2)CCNC1. The number of ether oxygens (including phenoxy) is 1. The van der Waals surface area contributed by atoms with Crippen LogP contribution in [0.25, 0.3) is 0 Å².